The molecule has 0 radical (unpaired) electrons. The van der Waals surface area contributed by atoms with E-state index in [1.165, 1.54) is 0 Å². The Morgan fingerprint density at radius 3 is 2.18 bits per heavy atom. The molecule has 2 unspecified atom stereocenters. The molecule has 0 nitrogen and oxygen atoms in total. The molecule has 62 valence electrons. The lowest BCUT2D eigenvalue weighted by Crippen LogP contribution is -2.00. The van der Waals surface area contributed by atoms with Crippen LogP contribution in [-0.4, -0.2) is 0 Å². The summed E-state index contributed by atoms with van der Waals surface area (Å²) >= 11 is 0. The van der Waals surface area contributed by atoms with Crippen molar-refractivity contribution in [3.63, 3.8) is 0 Å². The van der Waals surface area contributed by atoms with Gasteiger partial charge in [0.1, 0.15) is 0 Å². The molecule has 0 aliphatic carbocycles. The lowest BCUT2D eigenvalue weighted by atomic mass is 9.96. The molecule has 0 saturated heterocycles. The molecule has 0 N–H and O–H groups in total. The Bertz CT molecular complexity index is 151. The molecule has 0 aromatic carbocycles. The van der Waals surface area contributed by atoms with Crippen molar-refractivity contribution < 1.29 is 0 Å². The molecule has 0 aromatic heterocycles. The summed E-state index contributed by atoms with van der Waals surface area (Å²) in [6.07, 6.45) is 10.4. The molecule has 0 heterocycles. The fourth-order valence-electron chi connectivity index (χ4n) is 0.740. The van der Waals surface area contributed by atoms with E-state index in [1.807, 2.05) is 25.2 Å². The third kappa shape index (κ3) is 4.60. The predicted molar refractivity (Wildman–Crippen MR) is 52.5 cm³/mol. The molecule has 0 spiro atoms. The molecule has 0 aliphatic heterocycles. The zero-order chi connectivity index (χ0) is 8.69. The molecule has 0 rings (SSSR count). The number of hydrogen-bond donors (Lipinski definition) is 0. The van der Waals surface area contributed by atoms with E-state index >= 15 is 0 Å². The highest BCUT2D eigenvalue weighted by molar-refractivity contribution is 5.04. The highest BCUT2D eigenvalue weighted by Gasteiger charge is 2.02. The minimum atomic E-state index is 0.566. The van der Waals surface area contributed by atoms with Crippen LogP contribution in [0.1, 0.15) is 20.8 Å². The molecular weight excluding hydrogens is 132 g/mol. The first-order valence-electron chi connectivity index (χ1n) is 4.14. The molecule has 11 heavy (non-hydrogen) atoms. The van der Waals surface area contributed by atoms with Crippen molar-refractivity contribution in [3.8, 4) is 0 Å². The Hall–Kier alpha value is -0.780. The fourth-order valence-corrected chi connectivity index (χ4v) is 0.740. The van der Waals surface area contributed by atoms with Gasteiger partial charge in [-0.15, -0.1) is 6.58 Å². The third-order valence-electron chi connectivity index (χ3n) is 1.92. The zero-order valence-electron chi connectivity index (χ0n) is 7.75. The van der Waals surface area contributed by atoms with Crippen LogP contribution in [-0.2, 0) is 0 Å². The Morgan fingerprint density at radius 2 is 1.73 bits per heavy atom. The van der Waals surface area contributed by atoms with E-state index in [2.05, 4.69) is 32.6 Å². The Labute approximate surface area is 70.3 Å². The molecule has 0 aliphatic rings. The van der Waals surface area contributed by atoms with Crippen LogP contribution in [0.4, 0.5) is 0 Å². The minimum absolute atomic E-state index is 0.566. The van der Waals surface area contributed by atoms with Gasteiger partial charge in [0.05, 0.1) is 0 Å². The maximum atomic E-state index is 3.76. The summed E-state index contributed by atoms with van der Waals surface area (Å²) in [5, 5.41) is 0. The molecule has 0 bridgehead atoms. The first-order chi connectivity index (χ1) is 5.22. The summed E-state index contributed by atoms with van der Waals surface area (Å²) in [4.78, 5) is 0. The summed E-state index contributed by atoms with van der Waals surface area (Å²) in [7, 11) is 0. The number of hydrogen-bond acceptors (Lipinski definition) is 0. The first-order valence-corrected chi connectivity index (χ1v) is 4.14. The second kappa shape index (κ2) is 5.96. The van der Waals surface area contributed by atoms with E-state index in [0.717, 1.165) is 0 Å². The molecule has 0 heteroatoms. The normalized spacial score (nSPS) is 17.4. The van der Waals surface area contributed by atoms with Gasteiger partial charge in [-0.05, 0) is 18.8 Å². The zero-order valence-corrected chi connectivity index (χ0v) is 7.75. The van der Waals surface area contributed by atoms with E-state index in [9.17, 15) is 0 Å². The maximum Gasteiger partial charge on any atom is -0.0199 e. The largest absolute Gasteiger partial charge is 0.103 e. The van der Waals surface area contributed by atoms with Crippen LogP contribution in [0.2, 0.25) is 0 Å². The van der Waals surface area contributed by atoms with Crippen LogP contribution in [0.25, 0.3) is 0 Å². The van der Waals surface area contributed by atoms with Gasteiger partial charge in [-0.3, -0.25) is 0 Å². The Morgan fingerprint density at radius 1 is 1.09 bits per heavy atom. The Balaban J connectivity index is 3.84. The SMILES string of the molecule is C=CC(C)C(C)/C=C\C=C/C. The fraction of sp³-hybridized carbons (Fsp3) is 0.455. The van der Waals surface area contributed by atoms with Gasteiger partial charge in [0.25, 0.3) is 0 Å². The van der Waals surface area contributed by atoms with Crippen molar-refractivity contribution in [2.45, 2.75) is 20.8 Å². The Kier molecular flexibility index (Phi) is 5.54. The molecular formula is C11H18. The summed E-state index contributed by atoms with van der Waals surface area (Å²) < 4.78 is 0. The molecule has 0 saturated carbocycles. The van der Waals surface area contributed by atoms with E-state index < -0.39 is 0 Å². The van der Waals surface area contributed by atoms with Crippen molar-refractivity contribution in [2.24, 2.45) is 11.8 Å². The van der Waals surface area contributed by atoms with Crippen LogP contribution in [0.3, 0.4) is 0 Å². The average Bonchev–Trinajstić information content (AvgIpc) is 2.03. The second-order valence-corrected chi connectivity index (χ2v) is 2.86. The van der Waals surface area contributed by atoms with Gasteiger partial charge in [-0.25, -0.2) is 0 Å². The first kappa shape index (κ1) is 10.2. The molecule has 0 fully saturated rings. The van der Waals surface area contributed by atoms with Crippen molar-refractivity contribution >= 4 is 0 Å². The van der Waals surface area contributed by atoms with Crippen LogP contribution in [0, 0.1) is 11.8 Å². The van der Waals surface area contributed by atoms with Crippen molar-refractivity contribution in [2.75, 3.05) is 0 Å². The smallest absolute Gasteiger partial charge is 0.0199 e. The molecule has 0 aromatic rings. The van der Waals surface area contributed by atoms with Gasteiger partial charge in [-0.1, -0.05) is 44.2 Å². The van der Waals surface area contributed by atoms with Gasteiger partial charge in [-0.2, -0.15) is 0 Å². The van der Waals surface area contributed by atoms with Crippen LogP contribution < -0.4 is 0 Å². The van der Waals surface area contributed by atoms with E-state index in [0.29, 0.717) is 11.8 Å². The summed E-state index contributed by atoms with van der Waals surface area (Å²) in [5.74, 6) is 1.15. The second-order valence-electron chi connectivity index (χ2n) is 2.86. The lowest BCUT2D eigenvalue weighted by molar-refractivity contribution is 0.559. The van der Waals surface area contributed by atoms with Gasteiger partial charge < -0.3 is 0 Å². The molecule has 0 amide bonds. The summed E-state index contributed by atoms with van der Waals surface area (Å²) in [6.45, 7) is 10.2. The minimum Gasteiger partial charge on any atom is -0.103 e. The number of rotatable bonds is 4. The quantitative estimate of drug-likeness (QED) is 0.424. The number of allylic oxidation sites excluding steroid dienone is 5. The van der Waals surface area contributed by atoms with Crippen LogP contribution >= 0.6 is 0 Å². The highest BCUT2D eigenvalue weighted by Crippen LogP contribution is 2.12. The van der Waals surface area contributed by atoms with E-state index in [-0.39, 0.29) is 0 Å². The summed E-state index contributed by atoms with van der Waals surface area (Å²) in [5.41, 5.74) is 0. The van der Waals surface area contributed by atoms with E-state index in [4.69, 9.17) is 0 Å². The predicted octanol–water partition coefficient (Wildman–Crippen LogP) is 3.58. The topological polar surface area (TPSA) is 0 Å². The van der Waals surface area contributed by atoms with E-state index in [1.54, 1.807) is 0 Å². The van der Waals surface area contributed by atoms with Crippen molar-refractivity contribution in [1.82, 2.24) is 0 Å². The standard InChI is InChI=1S/C11H18/c1-5-7-8-9-11(4)10(3)6-2/h5-11H,2H2,1,3-4H3/b7-5-,9-8-. The van der Waals surface area contributed by atoms with Gasteiger partial charge >= 0.3 is 0 Å². The van der Waals surface area contributed by atoms with Gasteiger partial charge in [0.15, 0.2) is 0 Å². The lowest BCUT2D eigenvalue weighted by Gasteiger charge is -2.09. The maximum absolute atomic E-state index is 3.76. The van der Waals surface area contributed by atoms with Gasteiger partial charge in [0, 0.05) is 0 Å². The van der Waals surface area contributed by atoms with Gasteiger partial charge in [0.2, 0.25) is 0 Å². The van der Waals surface area contributed by atoms with Crippen LogP contribution in [0.5, 0.6) is 0 Å². The molecule has 2 atom stereocenters. The summed E-state index contributed by atoms with van der Waals surface area (Å²) in [6, 6.07) is 0. The average molecular weight is 150 g/mol. The van der Waals surface area contributed by atoms with Crippen LogP contribution in [0.15, 0.2) is 37.0 Å². The highest BCUT2D eigenvalue weighted by atomic mass is 14.1. The third-order valence-corrected chi connectivity index (χ3v) is 1.92. The van der Waals surface area contributed by atoms with Crippen molar-refractivity contribution in [1.29, 1.82) is 0 Å². The van der Waals surface area contributed by atoms with Crippen molar-refractivity contribution in [3.05, 3.63) is 37.0 Å². The monoisotopic (exact) mass is 150 g/mol.